The standard InChI is InChI=1S/C53H38N2O13S3/c1-34-5-3-6-47(45(34)32-54)63-41-21-13-37(14-22-41)38-15-23-42(24-16-38)65-49-8-4-7-48(46(49)33-55)64-39-17-9-35(10-18-39)29-36-11-19-40(20-12-36)66-50-27-25-43(30-52(50)69-68-67-56)70(57,58)44-26-28-51(62-2)53(31-44)71(59,60)61/h3-28,30-31,56H,29H2,1-2H3,(H,59,60,61). The maximum atomic E-state index is 13.6. The highest BCUT2D eigenvalue weighted by Crippen LogP contribution is 2.39. The van der Waals surface area contributed by atoms with Crippen LogP contribution in [-0.4, -0.2) is 33.8 Å². The van der Waals surface area contributed by atoms with Gasteiger partial charge < -0.3 is 23.7 Å². The fraction of sp³-hybridized carbons (Fsp3) is 0.0566. The fourth-order valence-electron chi connectivity index (χ4n) is 7.20. The molecule has 0 aliphatic carbocycles. The number of benzene rings is 8. The third kappa shape index (κ3) is 11.7. The number of ether oxygens (including phenoxy) is 5. The number of aryl methyl sites for hydroxylation is 1. The summed E-state index contributed by atoms with van der Waals surface area (Å²) in [5.41, 5.74) is 5.34. The number of methoxy groups -OCH3 is 1. The second-order valence-electron chi connectivity index (χ2n) is 15.3. The predicted octanol–water partition coefficient (Wildman–Crippen LogP) is 12.7. The minimum absolute atomic E-state index is 0.0738. The van der Waals surface area contributed by atoms with E-state index >= 15 is 0 Å². The van der Waals surface area contributed by atoms with Crippen LogP contribution < -0.4 is 23.7 Å². The van der Waals surface area contributed by atoms with Gasteiger partial charge in [-0.3, -0.25) is 4.55 Å². The summed E-state index contributed by atoms with van der Waals surface area (Å²) in [5, 5.41) is 32.3. The first kappa shape index (κ1) is 49.3. The third-order valence-corrected chi connectivity index (χ3v) is 14.0. The lowest BCUT2D eigenvalue weighted by Crippen LogP contribution is -2.07. The lowest BCUT2D eigenvalue weighted by molar-refractivity contribution is -0.432. The lowest BCUT2D eigenvalue weighted by Gasteiger charge is -2.13. The molecule has 0 heterocycles. The zero-order chi connectivity index (χ0) is 50.1. The lowest BCUT2D eigenvalue weighted by atomic mass is 10.0. The molecule has 0 fully saturated rings. The molecule has 0 aliphatic heterocycles. The van der Waals surface area contributed by atoms with E-state index in [9.17, 15) is 31.9 Å². The van der Waals surface area contributed by atoms with Crippen LogP contribution in [0.1, 0.15) is 27.8 Å². The van der Waals surface area contributed by atoms with Crippen molar-refractivity contribution in [2.75, 3.05) is 7.11 Å². The molecule has 0 radical (unpaired) electrons. The van der Waals surface area contributed by atoms with Gasteiger partial charge in [0.05, 0.1) is 39.4 Å². The molecule has 0 amide bonds. The molecular formula is C53H38N2O13S3. The van der Waals surface area contributed by atoms with E-state index in [1.807, 2.05) is 91.9 Å². The highest BCUT2D eigenvalue weighted by Gasteiger charge is 2.26. The molecule has 0 saturated heterocycles. The van der Waals surface area contributed by atoms with Gasteiger partial charge >= 0.3 is 0 Å². The van der Waals surface area contributed by atoms with E-state index in [1.54, 1.807) is 48.5 Å². The van der Waals surface area contributed by atoms with Gasteiger partial charge in [-0.2, -0.15) is 18.9 Å². The average Bonchev–Trinajstić information content (AvgIpc) is 3.37. The third-order valence-electron chi connectivity index (χ3n) is 10.8. The van der Waals surface area contributed by atoms with Crippen LogP contribution in [0.25, 0.3) is 11.1 Å². The van der Waals surface area contributed by atoms with Crippen molar-refractivity contribution in [3.63, 3.8) is 0 Å². The molecule has 0 atom stereocenters. The highest BCUT2D eigenvalue weighted by molar-refractivity contribution is 7.94. The Morgan fingerprint density at radius 3 is 1.44 bits per heavy atom. The van der Waals surface area contributed by atoms with Gasteiger partial charge in [-0.05, 0) is 144 Å². The minimum atomic E-state index is -4.83. The van der Waals surface area contributed by atoms with Crippen molar-refractivity contribution in [3.05, 3.63) is 198 Å². The van der Waals surface area contributed by atoms with Crippen molar-refractivity contribution in [2.45, 2.75) is 32.9 Å². The topological polar surface area (TPSA) is 221 Å². The molecule has 0 unspecified atom stereocenters. The molecule has 71 heavy (non-hydrogen) atoms. The summed E-state index contributed by atoms with van der Waals surface area (Å²) in [6.45, 7) is 1.87. The Morgan fingerprint density at radius 1 is 0.535 bits per heavy atom. The molecule has 18 heteroatoms. The Labute approximate surface area is 412 Å². The number of hydrogen-bond donors (Lipinski definition) is 2. The number of nitriles is 2. The molecule has 8 rings (SSSR count). The Bertz CT molecular complexity index is 3540. The maximum absolute atomic E-state index is 13.6. The van der Waals surface area contributed by atoms with Gasteiger partial charge in [0, 0.05) is 0 Å². The van der Waals surface area contributed by atoms with Gasteiger partial charge in [-0.1, -0.05) is 71.8 Å². The summed E-state index contributed by atoms with van der Waals surface area (Å²) in [6.07, 6.45) is 0.546. The van der Waals surface area contributed by atoms with Crippen LogP contribution >= 0.6 is 12.0 Å². The first-order valence-corrected chi connectivity index (χ1v) is 24.7. The van der Waals surface area contributed by atoms with Crippen molar-refractivity contribution in [1.29, 1.82) is 10.5 Å². The summed E-state index contributed by atoms with van der Waals surface area (Å²) in [7, 11) is -8.02. The monoisotopic (exact) mass is 1010 g/mol. The summed E-state index contributed by atoms with van der Waals surface area (Å²) in [4.78, 5) is -1.39. The molecule has 15 nitrogen and oxygen atoms in total. The van der Waals surface area contributed by atoms with Crippen molar-refractivity contribution in [3.8, 4) is 75.0 Å². The number of hydrogen-bond acceptors (Lipinski definition) is 15. The maximum Gasteiger partial charge on any atom is 0.298 e. The van der Waals surface area contributed by atoms with Gasteiger partial charge in [0.1, 0.15) is 74.3 Å². The predicted molar refractivity (Wildman–Crippen MR) is 260 cm³/mol. The SMILES string of the molecule is COc1ccc(S(=O)(=O)c2ccc(Oc3ccc(Cc4ccc(Oc5cccc(Oc6ccc(-c7ccc(Oc8cccc(C)c8C#N)cc7)cc6)c5C#N)cc4)cc3)c(SOOO)c2)cc1S(=O)(=O)O. The molecule has 0 aliphatic rings. The van der Waals surface area contributed by atoms with Gasteiger partial charge in [0.25, 0.3) is 10.1 Å². The van der Waals surface area contributed by atoms with E-state index in [2.05, 4.69) is 21.5 Å². The average molecular weight is 1010 g/mol. The van der Waals surface area contributed by atoms with Gasteiger partial charge in [-0.15, -0.1) is 4.33 Å². The second-order valence-corrected chi connectivity index (χ2v) is 19.4. The number of sulfone groups is 1. The van der Waals surface area contributed by atoms with Crippen LogP contribution in [-0.2, 0) is 35.7 Å². The van der Waals surface area contributed by atoms with Crippen molar-refractivity contribution in [2.24, 2.45) is 0 Å². The number of rotatable bonds is 18. The quantitative estimate of drug-likeness (QED) is 0.0353. The normalized spacial score (nSPS) is 11.2. The van der Waals surface area contributed by atoms with Crippen LogP contribution in [0, 0.1) is 29.6 Å². The number of nitrogens with zero attached hydrogens (tertiary/aromatic N) is 2. The summed E-state index contributed by atoms with van der Waals surface area (Å²) < 4.78 is 94.5. The van der Waals surface area contributed by atoms with Crippen molar-refractivity contribution in [1.82, 2.24) is 0 Å². The fourth-order valence-corrected chi connectivity index (χ4v) is 9.82. The van der Waals surface area contributed by atoms with Gasteiger partial charge in [0.15, 0.2) is 0 Å². The van der Waals surface area contributed by atoms with E-state index in [0.717, 1.165) is 46.0 Å². The Balaban J connectivity index is 0.887. The van der Waals surface area contributed by atoms with Gasteiger partial charge in [0.2, 0.25) is 9.84 Å². The Morgan fingerprint density at radius 2 is 0.972 bits per heavy atom. The zero-order valence-electron chi connectivity index (χ0n) is 37.4. The summed E-state index contributed by atoms with van der Waals surface area (Å²) >= 11 is 0.457. The van der Waals surface area contributed by atoms with Crippen LogP contribution in [0.3, 0.4) is 0 Å². The molecular weight excluding hydrogens is 969 g/mol. The molecule has 356 valence electrons. The van der Waals surface area contributed by atoms with E-state index < -0.39 is 29.7 Å². The molecule has 0 bridgehead atoms. The summed E-state index contributed by atoms with van der Waals surface area (Å²) in [5.74, 6) is 3.05. The molecule has 0 saturated carbocycles. The Kier molecular flexibility index (Phi) is 15.0. The van der Waals surface area contributed by atoms with E-state index in [-0.39, 0.29) is 26.9 Å². The van der Waals surface area contributed by atoms with Crippen LogP contribution in [0.4, 0.5) is 0 Å². The molecule has 0 spiro atoms. The van der Waals surface area contributed by atoms with Crippen LogP contribution in [0.5, 0.6) is 51.7 Å². The zero-order valence-corrected chi connectivity index (χ0v) is 39.8. The van der Waals surface area contributed by atoms with Crippen molar-refractivity contribution >= 4 is 32.0 Å². The van der Waals surface area contributed by atoms with E-state index in [0.29, 0.717) is 64.3 Å². The van der Waals surface area contributed by atoms with Crippen LogP contribution in [0.15, 0.2) is 189 Å². The Hall–Kier alpha value is -8.17. The largest absolute Gasteiger partial charge is 0.495 e. The van der Waals surface area contributed by atoms with E-state index in [1.165, 1.54) is 25.3 Å². The molecule has 0 aromatic heterocycles. The molecule has 8 aromatic carbocycles. The van der Waals surface area contributed by atoms with Crippen LogP contribution in [0.2, 0.25) is 0 Å². The minimum Gasteiger partial charge on any atom is -0.495 e. The van der Waals surface area contributed by atoms with E-state index in [4.69, 9.17) is 28.9 Å². The van der Waals surface area contributed by atoms with Crippen molar-refractivity contribution < 1.29 is 59.7 Å². The smallest absolute Gasteiger partial charge is 0.298 e. The first-order valence-electron chi connectivity index (χ1n) is 21.1. The second kappa shape index (κ2) is 21.6. The van der Waals surface area contributed by atoms with Gasteiger partial charge in [-0.25, -0.2) is 13.7 Å². The first-order chi connectivity index (χ1) is 34.3. The summed E-state index contributed by atoms with van der Waals surface area (Å²) in [6, 6.07) is 51.4. The molecule has 8 aromatic rings. The highest BCUT2D eigenvalue weighted by atomic mass is 32.2. The molecule has 2 N–H and O–H groups in total.